The molecule has 1 aromatic heterocycles. The Hall–Kier alpha value is -1.81. The third-order valence-electron chi connectivity index (χ3n) is 2.77. The van der Waals surface area contributed by atoms with Crippen molar-refractivity contribution in [1.82, 2.24) is 10.4 Å². The van der Waals surface area contributed by atoms with Crippen LogP contribution in [0.25, 0.3) is 0 Å². The number of rotatable bonds is 3. The Morgan fingerprint density at radius 3 is 2.61 bits per heavy atom. The van der Waals surface area contributed by atoms with E-state index in [1.165, 1.54) is 11.1 Å². The summed E-state index contributed by atoms with van der Waals surface area (Å²) in [5, 5.41) is 5.74. The predicted molar refractivity (Wildman–Crippen MR) is 75.3 cm³/mol. The number of hydrogen-bond donors (Lipinski definition) is 1. The SMILES string of the molecule is c1ccc(CC2=NN[C@@H](c3ccncc3)S2)cc1. The van der Waals surface area contributed by atoms with Gasteiger partial charge in [0.15, 0.2) is 0 Å². The zero-order valence-electron chi connectivity index (χ0n) is 9.78. The number of nitrogens with zero attached hydrogens (tertiary/aromatic N) is 2. The van der Waals surface area contributed by atoms with Crippen molar-refractivity contribution in [3.8, 4) is 0 Å². The molecule has 0 amide bonds. The number of aromatic nitrogens is 1. The first-order valence-corrected chi connectivity index (χ1v) is 6.72. The Balaban J connectivity index is 1.65. The molecule has 1 N–H and O–H groups in total. The Morgan fingerprint density at radius 1 is 1.06 bits per heavy atom. The highest BCUT2D eigenvalue weighted by atomic mass is 32.2. The van der Waals surface area contributed by atoms with Gasteiger partial charge in [0, 0.05) is 18.8 Å². The van der Waals surface area contributed by atoms with Crippen LogP contribution in [-0.2, 0) is 6.42 Å². The predicted octanol–water partition coefficient (Wildman–Crippen LogP) is 2.97. The molecule has 0 unspecified atom stereocenters. The lowest BCUT2D eigenvalue weighted by molar-refractivity contribution is 0.741. The van der Waals surface area contributed by atoms with Gasteiger partial charge in [-0.2, -0.15) is 5.10 Å². The number of nitrogens with one attached hydrogen (secondary N) is 1. The van der Waals surface area contributed by atoms with Crippen LogP contribution in [0.2, 0.25) is 0 Å². The second-order valence-corrected chi connectivity index (χ2v) is 5.25. The maximum Gasteiger partial charge on any atom is 0.120 e. The van der Waals surface area contributed by atoms with Gasteiger partial charge in [0.05, 0.1) is 5.04 Å². The zero-order chi connectivity index (χ0) is 12.2. The molecule has 0 radical (unpaired) electrons. The van der Waals surface area contributed by atoms with E-state index >= 15 is 0 Å². The molecule has 0 saturated heterocycles. The molecular weight excluding hydrogens is 242 g/mol. The van der Waals surface area contributed by atoms with Gasteiger partial charge in [0.2, 0.25) is 0 Å². The molecular formula is C14H13N3S. The van der Waals surface area contributed by atoms with Gasteiger partial charge in [-0.15, -0.1) is 0 Å². The second kappa shape index (κ2) is 5.23. The summed E-state index contributed by atoms with van der Waals surface area (Å²) < 4.78 is 0. The van der Waals surface area contributed by atoms with Gasteiger partial charge < -0.3 is 0 Å². The first-order chi connectivity index (χ1) is 8.92. The van der Waals surface area contributed by atoms with Gasteiger partial charge in [-0.1, -0.05) is 42.1 Å². The minimum atomic E-state index is 0.215. The molecule has 1 aliphatic rings. The van der Waals surface area contributed by atoms with Crippen molar-refractivity contribution in [2.45, 2.75) is 11.8 Å². The molecule has 3 rings (SSSR count). The highest BCUT2D eigenvalue weighted by molar-refractivity contribution is 8.14. The normalized spacial score (nSPS) is 18.2. The van der Waals surface area contributed by atoms with Crippen molar-refractivity contribution >= 4 is 16.8 Å². The van der Waals surface area contributed by atoms with E-state index < -0.39 is 0 Å². The average molecular weight is 255 g/mol. The van der Waals surface area contributed by atoms with Crippen LogP contribution in [0.4, 0.5) is 0 Å². The summed E-state index contributed by atoms with van der Waals surface area (Å²) in [5.74, 6) is 0. The van der Waals surface area contributed by atoms with E-state index in [0.717, 1.165) is 11.5 Å². The van der Waals surface area contributed by atoms with Gasteiger partial charge in [0.25, 0.3) is 0 Å². The van der Waals surface area contributed by atoms with Crippen molar-refractivity contribution in [2.75, 3.05) is 0 Å². The van der Waals surface area contributed by atoms with Crippen molar-refractivity contribution in [1.29, 1.82) is 0 Å². The fraction of sp³-hybridized carbons (Fsp3) is 0.143. The summed E-state index contributed by atoms with van der Waals surface area (Å²) in [6.45, 7) is 0. The molecule has 0 bridgehead atoms. The lowest BCUT2D eigenvalue weighted by Gasteiger charge is -2.08. The van der Waals surface area contributed by atoms with Gasteiger partial charge in [0.1, 0.15) is 5.37 Å². The summed E-state index contributed by atoms with van der Waals surface area (Å²) in [5.41, 5.74) is 5.67. The van der Waals surface area contributed by atoms with Crippen LogP contribution in [0.5, 0.6) is 0 Å². The van der Waals surface area contributed by atoms with Gasteiger partial charge in [-0.25, -0.2) is 0 Å². The van der Waals surface area contributed by atoms with Crippen molar-refractivity contribution < 1.29 is 0 Å². The molecule has 0 fully saturated rings. The monoisotopic (exact) mass is 255 g/mol. The lowest BCUT2D eigenvalue weighted by Crippen LogP contribution is -2.06. The molecule has 4 heteroatoms. The first-order valence-electron chi connectivity index (χ1n) is 5.84. The van der Waals surface area contributed by atoms with Crippen molar-refractivity contribution in [2.24, 2.45) is 5.10 Å². The van der Waals surface area contributed by atoms with Gasteiger partial charge >= 0.3 is 0 Å². The molecule has 1 aliphatic heterocycles. The molecule has 18 heavy (non-hydrogen) atoms. The van der Waals surface area contributed by atoms with Gasteiger partial charge in [-0.05, 0) is 23.3 Å². The van der Waals surface area contributed by atoms with Crippen molar-refractivity contribution in [3.05, 3.63) is 66.0 Å². The highest BCUT2D eigenvalue weighted by Crippen LogP contribution is 2.32. The Labute approximate surface area is 110 Å². The van der Waals surface area contributed by atoms with E-state index in [0.29, 0.717) is 0 Å². The lowest BCUT2D eigenvalue weighted by atomic mass is 10.2. The fourth-order valence-corrected chi connectivity index (χ4v) is 2.88. The van der Waals surface area contributed by atoms with Gasteiger partial charge in [-0.3, -0.25) is 10.4 Å². The van der Waals surface area contributed by atoms with E-state index in [2.05, 4.69) is 39.8 Å². The summed E-state index contributed by atoms with van der Waals surface area (Å²) in [7, 11) is 0. The van der Waals surface area contributed by atoms with Crippen LogP contribution >= 0.6 is 11.8 Å². The molecule has 0 saturated carbocycles. The van der Waals surface area contributed by atoms with Crippen LogP contribution in [0.1, 0.15) is 16.5 Å². The number of benzene rings is 1. The largest absolute Gasteiger partial charge is 0.291 e. The van der Waals surface area contributed by atoms with Crippen LogP contribution in [0.3, 0.4) is 0 Å². The highest BCUT2D eigenvalue weighted by Gasteiger charge is 2.20. The molecule has 0 spiro atoms. The number of hydrazone groups is 1. The molecule has 90 valence electrons. The summed E-state index contributed by atoms with van der Waals surface area (Å²) >= 11 is 1.77. The molecule has 2 heterocycles. The molecule has 0 aliphatic carbocycles. The van der Waals surface area contributed by atoms with Crippen molar-refractivity contribution in [3.63, 3.8) is 0 Å². The topological polar surface area (TPSA) is 37.3 Å². The fourth-order valence-electron chi connectivity index (χ4n) is 1.85. The Kier molecular flexibility index (Phi) is 3.28. The maximum atomic E-state index is 4.40. The first kappa shape index (κ1) is 11.3. The van der Waals surface area contributed by atoms with E-state index in [1.54, 1.807) is 11.8 Å². The third kappa shape index (κ3) is 2.54. The van der Waals surface area contributed by atoms with E-state index in [1.807, 2.05) is 30.6 Å². The smallest absolute Gasteiger partial charge is 0.120 e. The standard InChI is InChI=1S/C14H13N3S/c1-2-4-11(5-3-1)10-13-16-17-14(18-13)12-6-8-15-9-7-12/h1-9,14,17H,10H2/t14-/m1/s1. The Morgan fingerprint density at radius 2 is 1.83 bits per heavy atom. The summed E-state index contributed by atoms with van der Waals surface area (Å²) in [6.07, 6.45) is 4.51. The maximum absolute atomic E-state index is 4.40. The minimum absolute atomic E-state index is 0.215. The van der Waals surface area contributed by atoms with Crippen LogP contribution in [-0.4, -0.2) is 10.0 Å². The number of thioether (sulfide) groups is 1. The average Bonchev–Trinajstić information content (AvgIpc) is 2.89. The summed E-state index contributed by atoms with van der Waals surface area (Å²) in [6, 6.07) is 14.4. The number of hydrogen-bond acceptors (Lipinski definition) is 4. The quantitative estimate of drug-likeness (QED) is 0.916. The molecule has 1 atom stereocenters. The van der Waals surface area contributed by atoms with Crippen LogP contribution in [0.15, 0.2) is 60.0 Å². The van der Waals surface area contributed by atoms with E-state index in [4.69, 9.17) is 0 Å². The van der Waals surface area contributed by atoms with E-state index in [-0.39, 0.29) is 5.37 Å². The number of pyridine rings is 1. The minimum Gasteiger partial charge on any atom is -0.291 e. The zero-order valence-corrected chi connectivity index (χ0v) is 10.6. The van der Waals surface area contributed by atoms with E-state index in [9.17, 15) is 0 Å². The van der Waals surface area contributed by atoms with Crippen LogP contribution in [0, 0.1) is 0 Å². The third-order valence-corrected chi connectivity index (χ3v) is 3.89. The Bertz CT molecular complexity index is 539. The summed E-state index contributed by atoms with van der Waals surface area (Å²) in [4.78, 5) is 4.03. The van der Waals surface area contributed by atoms with Crippen LogP contribution < -0.4 is 5.43 Å². The molecule has 1 aromatic carbocycles. The molecule has 2 aromatic rings. The molecule has 3 nitrogen and oxygen atoms in total. The second-order valence-electron chi connectivity index (χ2n) is 4.08.